The zero-order valence-corrected chi connectivity index (χ0v) is 9.41. The molecule has 0 amide bonds. The molecule has 1 aliphatic heterocycles. The van der Waals surface area contributed by atoms with Gasteiger partial charge in [-0.25, -0.2) is 0 Å². The fraction of sp³-hybridized carbons (Fsp3) is 0.133. The van der Waals surface area contributed by atoms with E-state index in [4.69, 9.17) is 4.84 Å². The normalized spacial score (nSPS) is 18.6. The molecule has 0 saturated heterocycles. The summed E-state index contributed by atoms with van der Waals surface area (Å²) in [6.07, 6.45) is 0.903. The Morgan fingerprint density at radius 3 is 2.24 bits per heavy atom. The molecule has 0 radical (unpaired) electrons. The van der Waals surface area contributed by atoms with Crippen LogP contribution in [-0.4, -0.2) is 5.71 Å². The molecule has 17 heavy (non-hydrogen) atoms. The molecular formula is C15H13NO. The van der Waals surface area contributed by atoms with Gasteiger partial charge >= 0.3 is 0 Å². The molecule has 0 bridgehead atoms. The Hall–Kier alpha value is -2.09. The van der Waals surface area contributed by atoms with Gasteiger partial charge in [-0.15, -0.1) is 0 Å². The van der Waals surface area contributed by atoms with Crippen molar-refractivity contribution in [1.82, 2.24) is 0 Å². The van der Waals surface area contributed by atoms with Gasteiger partial charge in [-0.3, -0.25) is 0 Å². The van der Waals surface area contributed by atoms with Gasteiger partial charge in [0.1, 0.15) is 0 Å². The van der Waals surface area contributed by atoms with E-state index in [1.165, 1.54) is 5.56 Å². The minimum atomic E-state index is 0.0615. The smallest absolute Gasteiger partial charge is 0.158 e. The molecule has 2 aromatic carbocycles. The molecule has 2 nitrogen and oxygen atoms in total. The summed E-state index contributed by atoms with van der Waals surface area (Å²) < 4.78 is 0. The van der Waals surface area contributed by atoms with Crippen molar-refractivity contribution in [2.45, 2.75) is 12.5 Å². The quantitative estimate of drug-likeness (QED) is 0.763. The highest BCUT2D eigenvalue weighted by Crippen LogP contribution is 2.28. The van der Waals surface area contributed by atoms with Crippen molar-refractivity contribution in [3.63, 3.8) is 0 Å². The Kier molecular flexibility index (Phi) is 2.62. The van der Waals surface area contributed by atoms with Crippen LogP contribution >= 0.6 is 0 Å². The van der Waals surface area contributed by atoms with Crippen LogP contribution in [0.5, 0.6) is 0 Å². The molecule has 0 fully saturated rings. The summed E-state index contributed by atoms with van der Waals surface area (Å²) in [7, 11) is 0. The average molecular weight is 223 g/mol. The van der Waals surface area contributed by atoms with Crippen molar-refractivity contribution in [1.29, 1.82) is 0 Å². The van der Waals surface area contributed by atoms with Crippen molar-refractivity contribution in [3.8, 4) is 0 Å². The molecule has 0 spiro atoms. The molecular weight excluding hydrogens is 210 g/mol. The van der Waals surface area contributed by atoms with E-state index >= 15 is 0 Å². The maximum absolute atomic E-state index is 5.49. The lowest BCUT2D eigenvalue weighted by Crippen LogP contribution is -2.01. The highest BCUT2D eigenvalue weighted by molar-refractivity contribution is 6.01. The molecule has 0 N–H and O–H groups in total. The standard InChI is InChI=1S/C15H13NO/c1-3-7-12(8-4-1)14-11-15(17-16-14)13-9-5-2-6-10-13/h1-10,15H,11H2/t15-/m1/s1. The largest absolute Gasteiger partial charge is 0.387 e. The molecule has 2 aromatic rings. The van der Waals surface area contributed by atoms with E-state index in [0.29, 0.717) is 0 Å². The minimum Gasteiger partial charge on any atom is -0.387 e. The van der Waals surface area contributed by atoms with Crippen molar-refractivity contribution in [2.24, 2.45) is 5.16 Å². The van der Waals surface area contributed by atoms with Crippen LogP contribution in [0.3, 0.4) is 0 Å². The van der Waals surface area contributed by atoms with E-state index in [-0.39, 0.29) is 6.10 Å². The lowest BCUT2D eigenvalue weighted by molar-refractivity contribution is 0.0857. The first-order chi connectivity index (χ1) is 8.43. The third kappa shape index (κ3) is 2.07. The van der Waals surface area contributed by atoms with Crippen molar-refractivity contribution < 1.29 is 4.84 Å². The van der Waals surface area contributed by atoms with E-state index in [1.807, 2.05) is 36.4 Å². The molecule has 3 rings (SSSR count). The molecule has 0 aliphatic carbocycles. The Morgan fingerprint density at radius 2 is 1.53 bits per heavy atom. The first-order valence-corrected chi connectivity index (χ1v) is 5.76. The maximum Gasteiger partial charge on any atom is 0.158 e. The zero-order chi connectivity index (χ0) is 11.5. The third-order valence-electron chi connectivity index (χ3n) is 2.95. The Balaban J connectivity index is 1.78. The van der Waals surface area contributed by atoms with E-state index in [9.17, 15) is 0 Å². The average Bonchev–Trinajstić information content (AvgIpc) is 2.90. The van der Waals surface area contributed by atoms with E-state index in [2.05, 4.69) is 29.4 Å². The summed E-state index contributed by atoms with van der Waals surface area (Å²) in [5, 5.41) is 4.18. The van der Waals surface area contributed by atoms with Gasteiger partial charge in [0.05, 0.1) is 5.71 Å². The van der Waals surface area contributed by atoms with Crippen LogP contribution in [0.25, 0.3) is 0 Å². The van der Waals surface area contributed by atoms with Gasteiger partial charge < -0.3 is 4.84 Å². The van der Waals surface area contributed by atoms with Gasteiger partial charge in [0.2, 0.25) is 0 Å². The second-order valence-corrected chi connectivity index (χ2v) is 4.11. The number of benzene rings is 2. The van der Waals surface area contributed by atoms with E-state index in [0.717, 1.165) is 17.7 Å². The molecule has 2 heteroatoms. The summed E-state index contributed by atoms with van der Waals surface area (Å²) in [6, 6.07) is 20.4. The molecule has 1 aliphatic rings. The first-order valence-electron chi connectivity index (χ1n) is 5.76. The maximum atomic E-state index is 5.49. The van der Waals surface area contributed by atoms with Crippen molar-refractivity contribution in [2.75, 3.05) is 0 Å². The number of rotatable bonds is 2. The van der Waals surface area contributed by atoms with Crippen LogP contribution in [0.2, 0.25) is 0 Å². The summed E-state index contributed by atoms with van der Waals surface area (Å²) in [5.41, 5.74) is 3.35. The third-order valence-corrected chi connectivity index (χ3v) is 2.95. The van der Waals surface area contributed by atoms with Gasteiger partial charge in [-0.1, -0.05) is 65.8 Å². The van der Waals surface area contributed by atoms with Gasteiger partial charge in [0, 0.05) is 6.42 Å². The molecule has 1 atom stereocenters. The fourth-order valence-corrected chi connectivity index (χ4v) is 2.02. The predicted molar refractivity (Wildman–Crippen MR) is 67.9 cm³/mol. The SMILES string of the molecule is c1ccc(C2=NO[C@@H](c3ccccc3)C2)cc1. The number of hydrogen-bond donors (Lipinski definition) is 0. The van der Waals surface area contributed by atoms with Crippen molar-refractivity contribution >= 4 is 5.71 Å². The van der Waals surface area contributed by atoms with E-state index in [1.54, 1.807) is 0 Å². The van der Waals surface area contributed by atoms with Gasteiger partial charge in [-0.2, -0.15) is 0 Å². The van der Waals surface area contributed by atoms with Crippen LogP contribution in [0.4, 0.5) is 0 Å². The topological polar surface area (TPSA) is 21.6 Å². The van der Waals surface area contributed by atoms with E-state index < -0.39 is 0 Å². The fourth-order valence-electron chi connectivity index (χ4n) is 2.02. The Morgan fingerprint density at radius 1 is 0.882 bits per heavy atom. The summed E-state index contributed by atoms with van der Waals surface area (Å²) >= 11 is 0. The Bertz CT molecular complexity index is 519. The van der Waals surface area contributed by atoms with Crippen LogP contribution in [-0.2, 0) is 4.84 Å². The lowest BCUT2D eigenvalue weighted by Gasteiger charge is -2.07. The Labute approximate surface area is 101 Å². The van der Waals surface area contributed by atoms with Gasteiger partial charge in [0.25, 0.3) is 0 Å². The van der Waals surface area contributed by atoms with Crippen LogP contribution in [0.1, 0.15) is 23.7 Å². The lowest BCUT2D eigenvalue weighted by atomic mass is 10.0. The summed E-state index contributed by atoms with van der Waals surface area (Å²) in [4.78, 5) is 5.49. The zero-order valence-electron chi connectivity index (χ0n) is 9.41. The molecule has 0 aromatic heterocycles. The summed E-state index contributed by atoms with van der Waals surface area (Å²) in [6.45, 7) is 0. The first kappa shape index (κ1) is 10.1. The number of hydrogen-bond acceptors (Lipinski definition) is 2. The summed E-state index contributed by atoms with van der Waals surface area (Å²) in [5.74, 6) is 0. The molecule has 1 heterocycles. The minimum absolute atomic E-state index is 0.0615. The number of nitrogens with zero attached hydrogens (tertiary/aromatic N) is 1. The number of oxime groups is 1. The predicted octanol–water partition coefficient (Wildman–Crippen LogP) is 3.55. The van der Waals surface area contributed by atoms with Crippen LogP contribution in [0.15, 0.2) is 65.8 Å². The highest BCUT2D eigenvalue weighted by atomic mass is 16.6. The van der Waals surface area contributed by atoms with Crippen molar-refractivity contribution in [3.05, 3.63) is 71.8 Å². The van der Waals surface area contributed by atoms with Gasteiger partial charge in [-0.05, 0) is 11.1 Å². The van der Waals surface area contributed by atoms with Crippen LogP contribution in [0, 0.1) is 0 Å². The second kappa shape index (κ2) is 4.42. The highest BCUT2D eigenvalue weighted by Gasteiger charge is 2.23. The monoisotopic (exact) mass is 223 g/mol. The molecule has 84 valence electrons. The second-order valence-electron chi connectivity index (χ2n) is 4.11. The van der Waals surface area contributed by atoms with Crippen LogP contribution < -0.4 is 0 Å². The molecule has 0 saturated carbocycles. The van der Waals surface area contributed by atoms with Gasteiger partial charge in [0.15, 0.2) is 6.10 Å². The molecule has 0 unspecified atom stereocenters.